The maximum absolute atomic E-state index is 4.14. The van der Waals surface area contributed by atoms with E-state index in [1.54, 1.807) is 211 Å². The number of para-hydroxylation sites is 2. The second-order valence-corrected chi connectivity index (χ2v) is 28.2. The van der Waals surface area contributed by atoms with Gasteiger partial charge in [-0.1, -0.05) is 42.5 Å². The smallest absolute Gasteiger partial charge is 0.178 e. The Bertz CT molecular complexity index is 5810. The van der Waals surface area contributed by atoms with Crippen LogP contribution in [0, 0.1) is 0 Å². The van der Waals surface area contributed by atoms with E-state index in [9.17, 15) is 0 Å². The summed E-state index contributed by atoms with van der Waals surface area (Å²) in [6.45, 7) is 0. The summed E-state index contributed by atoms with van der Waals surface area (Å²) in [4.78, 5) is 128. The molecular weight excluding hydrogens is 1750 g/mol. The highest BCUT2D eigenvalue weighted by Gasteiger charge is 2.00. The summed E-state index contributed by atoms with van der Waals surface area (Å²) in [5.74, 6) is 0. The molecule has 34 heteroatoms. The average molecular weight is 1830 g/mol. The van der Waals surface area contributed by atoms with Gasteiger partial charge in [0.2, 0.25) is 0 Å². The second kappa shape index (κ2) is 53.1. The quantitative estimate of drug-likeness (QED) is 0.136. The van der Waals surface area contributed by atoms with Gasteiger partial charge >= 0.3 is 0 Å². The lowest BCUT2D eigenvalue weighted by Gasteiger charge is -1.91. The van der Waals surface area contributed by atoms with Gasteiger partial charge in [-0.2, -0.15) is 10.2 Å². The van der Waals surface area contributed by atoms with Crippen molar-refractivity contribution >= 4 is 153 Å². The topological polar surface area (TPSA) is 438 Å². The van der Waals surface area contributed by atoms with Crippen LogP contribution in [0.15, 0.2) is 479 Å². The van der Waals surface area contributed by atoms with Crippen LogP contribution < -0.4 is 0 Å². The summed E-state index contributed by atoms with van der Waals surface area (Å²) >= 11 is 0. The first-order valence-electron chi connectivity index (χ1n) is 42.8. The van der Waals surface area contributed by atoms with Gasteiger partial charge in [-0.25, -0.2) is 64.8 Å². The van der Waals surface area contributed by atoms with Crippen molar-refractivity contribution in [1.82, 2.24) is 170 Å². The van der Waals surface area contributed by atoms with Crippen LogP contribution in [0.1, 0.15) is 0 Å². The van der Waals surface area contributed by atoms with E-state index in [2.05, 4.69) is 170 Å². The van der Waals surface area contributed by atoms with E-state index in [1.807, 2.05) is 243 Å². The molecule has 0 aliphatic heterocycles. The van der Waals surface area contributed by atoms with Crippen LogP contribution >= 0.6 is 0 Å². The highest BCUT2D eigenvalue weighted by Crippen LogP contribution is 2.16. The number of rotatable bonds is 0. The summed E-state index contributed by atoms with van der Waals surface area (Å²) in [7, 11) is 0. The SMILES string of the molecule is c1cc2ccncc2cn1.c1cc2cnccc2cn1.c1cc2cncnc2cn1.c1cc2nccnc2cn1.c1cc2ncncc2cn1.c1ccc2cnncc2c1.c1ccc2nccnc2c1.c1cnc2cccnc2c1.c1cnc2ccncc2c1.c1cnc2cnccc2c1.c1cnc2cncnc2c1.c1cnc2ncccc2c1.c1cnc2nccnc2c1.c1cnc2ncncc2c1. The summed E-state index contributed by atoms with van der Waals surface area (Å²) in [5, 5.41) is 20.6. The molecule has 0 amide bonds. The molecule has 672 valence electrons. The highest BCUT2D eigenvalue weighted by molar-refractivity contribution is 5.84. The number of hydrogen-bond donors (Lipinski definition) is 0. The van der Waals surface area contributed by atoms with Crippen LogP contribution in [0.25, 0.3) is 153 Å². The molecule has 34 nitrogen and oxygen atoms in total. The van der Waals surface area contributed by atoms with Gasteiger partial charge in [-0.05, 0) is 175 Å². The van der Waals surface area contributed by atoms with Crippen molar-refractivity contribution in [2.75, 3.05) is 0 Å². The number of hydrogen-bond acceptors (Lipinski definition) is 34. The Balaban J connectivity index is 0.000000114. The van der Waals surface area contributed by atoms with Crippen molar-refractivity contribution in [3.63, 3.8) is 0 Å². The molecule has 26 aromatic heterocycles. The standard InChI is InChI=1S/8C8H6N2.6C7H5N3/c1-3-9-6-8-2-4-10-5-7(1)8;1-3-9-5-8-6-10-4-2-7(1)8;1-3-7-8(9-5-1)4-2-6-10-7;1-3-7-4-2-6-10-8(7)9-5-1;1-2-7-6-9-5-3-8(7)10-4-1;1-2-7-3-5-9-6-8(7)10-4-1;1-2-4-8-6-10-9-5-7(8)3-1;1-2-4-8-7(3-1)9-5-6-10-8;1-2-8-3-6-4-9-5-10-7(1)6;1-2-8-4-7-6(1)3-9-5-10-7;1-2-8-5-7-6(1)9-3-4-10-7;1-2-6-7(9-3-1)4-8-5-10-6;1-2-6-4-8-5-10-7(6)9-3-1;1-2-6-7(9-3-1)10-5-4-8-6/h8*1-6H;6*1-5H. The Hall–Kier alpha value is -20.6. The van der Waals surface area contributed by atoms with Crippen molar-refractivity contribution in [2.24, 2.45) is 0 Å². The summed E-state index contributed by atoms with van der Waals surface area (Å²) in [5.41, 5.74) is 14.1. The molecule has 0 bridgehead atoms. The van der Waals surface area contributed by atoms with E-state index in [-0.39, 0.29) is 0 Å². The first kappa shape index (κ1) is 94.1. The second-order valence-electron chi connectivity index (χ2n) is 28.2. The molecule has 0 fully saturated rings. The minimum atomic E-state index is 0.699. The van der Waals surface area contributed by atoms with Gasteiger partial charge in [0.15, 0.2) is 16.9 Å². The Morgan fingerprint density at radius 1 is 0.100 bits per heavy atom. The van der Waals surface area contributed by atoms with E-state index in [1.165, 1.54) is 30.7 Å². The Kier molecular flexibility index (Phi) is 35.7. The fraction of sp³-hybridized carbons (Fsp3) is 0. The van der Waals surface area contributed by atoms with Gasteiger partial charge in [0.1, 0.15) is 41.9 Å². The maximum Gasteiger partial charge on any atom is 0.178 e. The van der Waals surface area contributed by atoms with E-state index in [4.69, 9.17) is 0 Å². The summed E-state index contributed by atoms with van der Waals surface area (Å²) in [6.07, 6.45) is 74.0. The van der Waals surface area contributed by atoms with Gasteiger partial charge in [0.05, 0.1) is 92.3 Å². The van der Waals surface area contributed by atoms with Crippen molar-refractivity contribution < 1.29 is 0 Å². The molecular formula is C106H78N34. The lowest BCUT2D eigenvalue weighted by atomic mass is 10.2. The first-order valence-corrected chi connectivity index (χ1v) is 42.8. The van der Waals surface area contributed by atoms with E-state index >= 15 is 0 Å². The third-order valence-corrected chi connectivity index (χ3v) is 19.0. The van der Waals surface area contributed by atoms with Gasteiger partial charge < -0.3 is 0 Å². The molecule has 0 saturated carbocycles. The number of aromatic nitrogens is 34. The van der Waals surface area contributed by atoms with Crippen molar-refractivity contribution in [3.8, 4) is 0 Å². The van der Waals surface area contributed by atoms with E-state index in [0.29, 0.717) is 5.65 Å². The van der Waals surface area contributed by atoms with Crippen LogP contribution in [-0.2, 0) is 0 Å². The number of benzene rings is 2. The van der Waals surface area contributed by atoms with Gasteiger partial charge in [-0.15, -0.1) is 0 Å². The molecule has 0 unspecified atom stereocenters. The zero-order valence-corrected chi connectivity index (χ0v) is 74.2. The van der Waals surface area contributed by atoms with Gasteiger partial charge in [-0.3, -0.25) is 94.7 Å². The van der Waals surface area contributed by atoms with Crippen LogP contribution in [0.4, 0.5) is 0 Å². The third kappa shape index (κ3) is 29.7. The average Bonchev–Trinajstić information content (AvgIpc) is 0.977. The number of pyridine rings is 18. The fourth-order valence-corrected chi connectivity index (χ4v) is 12.2. The molecule has 140 heavy (non-hydrogen) atoms. The van der Waals surface area contributed by atoms with E-state index in [0.717, 1.165) is 142 Å². The van der Waals surface area contributed by atoms with Gasteiger partial charge in [0, 0.05) is 264 Å². The molecule has 0 saturated heterocycles. The van der Waals surface area contributed by atoms with Crippen LogP contribution in [0.2, 0.25) is 0 Å². The van der Waals surface area contributed by atoms with Crippen LogP contribution in [0.5, 0.6) is 0 Å². The molecule has 26 heterocycles. The monoisotopic (exact) mass is 1830 g/mol. The predicted octanol–water partition coefficient (Wildman–Crippen LogP) is 19.2. The number of fused-ring (bicyclic) bond motifs is 14. The molecule has 0 N–H and O–H groups in total. The van der Waals surface area contributed by atoms with Crippen LogP contribution in [-0.4, -0.2) is 170 Å². The molecule has 0 spiro atoms. The lowest BCUT2D eigenvalue weighted by molar-refractivity contribution is 1.05. The highest BCUT2D eigenvalue weighted by atomic mass is 15.1. The normalized spacial score (nSPS) is 10.0. The zero-order chi connectivity index (χ0) is 95.4. The Morgan fingerprint density at radius 2 is 0.350 bits per heavy atom. The number of nitrogens with zero attached hydrogens (tertiary/aromatic N) is 34. The molecule has 2 aromatic carbocycles. The molecule has 28 aromatic rings. The van der Waals surface area contributed by atoms with Crippen molar-refractivity contribution in [3.05, 3.63) is 479 Å². The largest absolute Gasteiger partial charge is 0.264 e. The minimum absolute atomic E-state index is 0.699. The van der Waals surface area contributed by atoms with Crippen molar-refractivity contribution in [2.45, 2.75) is 0 Å². The maximum atomic E-state index is 4.14. The summed E-state index contributed by atoms with van der Waals surface area (Å²) < 4.78 is 0. The summed E-state index contributed by atoms with van der Waals surface area (Å²) in [6, 6.07) is 67.7. The Morgan fingerprint density at radius 3 is 0.843 bits per heavy atom. The zero-order valence-electron chi connectivity index (χ0n) is 74.2. The molecule has 0 aliphatic rings. The van der Waals surface area contributed by atoms with Crippen LogP contribution in [0.3, 0.4) is 0 Å². The molecule has 28 rings (SSSR count). The minimum Gasteiger partial charge on any atom is -0.264 e. The van der Waals surface area contributed by atoms with E-state index < -0.39 is 0 Å². The lowest BCUT2D eigenvalue weighted by Crippen LogP contribution is -1.83. The predicted molar refractivity (Wildman–Crippen MR) is 540 cm³/mol. The fourth-order valence-electron chi connectivity index (χ4n) is 12.2. The third-order valence-electron chi connectivity index (χ3n) is 19.0. The molecule has 0 radical (unpaired) electrons. The van der Waals surface area contributed by atoms with Crippen molar-refractivity contribution in [1.29, 1.82) is 0 Å². The first-order chi connectivity index (χ1) is 69.5. The Labute approximate surface area is 797 Å². The van der Waals surface area contributed by atoms with Gasteiger partial charge in [0.25, 0.3) is 0 Å². The molecule has 0 atom stereocenters. The molecule has 0 aliphatic carbocycles.